The Hall–Kier alpha value is 0.267. The molecular weight excluding hydrogens is 506 g/mol. The fourth-order valence-corrected chi connectivity index (χ4v) is 6.46. The largest absolute Gasteiger partial charge is 1.00 e. The van der Waals surface area contributed by atoms with Gasteiger partial charge in [0, 0.05) is 5.92 Å². The zero-order valence-corrected chi connectivity index (χ0v) is 27.4. The molecule has 0 aliphatic rings. The second-order valence-corrected chi connectivity index (χ2v) is 13.6. The smallest absolute Gasteiger partial charge is 0.261 e. The number of aliphatic hydroxyl groups is 2. The topological polar surface area (TPSA) is 68.2 Å². The van der Waals surface area contributed by atoms with Gasteiger partial charge in [-0.3, -0.25) is 0 Å². The molecule has 37 heavy (non-hydrogen) atoms. The lowest BCUT2D eigenvalue weighted by Gasteiger charge is -2.33. The van der Waals surface area contributed by atoms with Crippen LogP contribution in [0.25, 0.3) is 0 Å². The Bertz CT molecular complexity index is 452. The van der Waals surface area contributed by atoms with Crippen molar-refractivity contribution in [3.8, 4) is 0 Å². The quantitative estimate of drug-likeness (QED) is 0.0656. The van der Waals surface area contributed by atoms with Crippen LogP contribution < -0.4 is 12.4 Å². The van der Waals surface area contributed by atoms with E-state index in [1.165, 1.54) is 103 Å². The number of aliphatic hydroxyl groups excluding tert-OH is 2. The zero-order valence-electron chi connectivity index (χ0n) is 25.2. The Morgan fingerprint density at radius 1 is 0.703 bits per heavy atom. The molecule has 0 amide bonds. The zero-order chi connectivity index (χ0) is 26.9. The maximum absolute atomic E-state index is 9.07. The summed E-state index contributed by atoms with van der Waals surface area (Å²) in [6.45, 7) is 8.72. The number of rotatable bonds is 28. The summed E-state index contributed by atoms with van der Waals surface area (Å²) in [5.41, 5.74) is 0.597. The van der Waals surface area contributed by atoms with Gasteiger partial charge in [-0.15, -0.1) is 0 Å². The van der Waals surface area contributed by atoms with Crippen LogP contribution in [-0.4, -0.2) is 84.5 Å². The fourth-order valence-electron chi connectivity index (χ4n) is 5.03. The van der Waals surface area contributed by atoms with Gasteiger partial charge in [0.15, 0.2) is 9.76 Å². The van der Waals surface area contributed by atoms with Crippen molar-refractivity contribution in [3.63, 3.8) is 0 Å². The molecule has 0 fully saturated rings. The van der Waals surface area contributed by atoms with Gasteiger partial charge in [-0.05, 0) is 12.0 Å². The highest BCUT2D eigenvalue weighted by Crippen LogP contribution is 2.23. The van der Waals surface area contributed by atoms with Crippen LogP contribution >= 0.6 is 0 Å². The van der Waals surface area contributed by atoms with E-state index in [-0.39, 0.29) is 38.8 Å². The minimum absolute atomic E-state index is 0. The van der Waals surface area contributed by atoms with Crippen LogP contribution in [0.3, 0.4) is 0 Å². The first-order valence-corrected chi connectivity index (χ1v) is 16.6. The molecule has 0 aliphatic heterocycles. The van der Waals surface area contributed by atoms with E-state index in [0.29, 0.717) is 11.5 Å². The van der Waals surface area contributed by atoms with Crippen molar-refractivity contribution in [1.82, 2.24) is 0 Å². The molecule has 0 aliphatic carbocycles. The van der Waals surface area contributed by atoms with Crippen LogP contribution in [0, 0.1) is 5.92 Å². The molecule has 0 aromatic heterocycles. The summed E-state index contributed by atoms with van der Waals surface area (Å²) in [5, 5.41) is 18.1. The molecule has 0 aromatic rings. The molecule has 1 unspecified atom stereocenters. The number of unbranched alkanes of at least 4 members (excludes halogenated alkanes) is 12. The Labute approximate surface area is 239 Å². The van der Waals surface area contributed by atoms with E-state index >= 15 is 0 Å². The number of hydrogen-bond acceptors (Lipinski definition) is 5. The minimum atomic E-state index is -0.859. The normalized spacial score (nSPS) is 13.2. The predicted octanol–water partition coefficient (Wildman–Crippen LogP) is 2.78. The number of ether oxygens (including phenoxy) is 2. The van der Waals surface area contributed by atoms with E-state index in [4.69, 9.17) is 24.1 Å². The summed E-state index contributed by atoms with van der Waals surface area (Å²) in [6, 6.07) is 0. The molecule has 0 rings (SSSR count). The highest BCUT2D eigenvalue weighted by Gasteiger charge is 2.22. The second kappa shape index (κ2) is 27.8. The van der Waals surface area contributed by atoms with Crippen LogP contribution in [0.1, 0.15) is 117 Å². The third-order valence-electron chi connectivity index (χ3n) is 6.88. The molecule has 0 bridgehead atoms. The van der Waals surface area contributed by atoms with Gasteiger partial charge in [-0.25, -0.2) is 0 Å². The molecule has 0 radical (unpaired) electrons. The molecule has 226 valence electrons. The van der Waals surface area contributed by atoms with E-state index in [1.807, 2.05) is 0 Å². The minimum Gasteiger partial charge on any atom is -1.00 e. The van der Waals surface area contributed by atoms with Gasteiger partial charge in [0.2, 0.25) is 0 Å². The number of nitrogens with zero attached hydrogens (tertiary/aromatic N) is 1. The highest BCUT2D eigenvalue weighted by molar-refractivity contribution is 6.29. The van der Waals surface area contributed by atoms with Crippen LogP contribution in [-0.2, 0) is 13.9 Å². The predicted molar refractivity (Wildman–Crippen MR) is 155 cm³/mol. The standard InChI is InChI=1S/C29H64NO5Si.ClH/c1-6-7-8-9-10-11-12-13-14-15-16-17-18-19-28(20-21-30(4,5)26-27(2)3)36-35-29(33-24-22-31)34-25-23-32;/h27-29,31-32H,6-26,36H2,1-5H3;1H/q+1;/p-1. The van der Waals surface area contributed by atoms with E-state index in [2.05, 4.69) is 34.9 Å². The van der Waals surface area contributed by atoms with Crippen molar-refractivity contribution in [3.05, 3.63) is 0 Å². The second-order valence-electron chi connectivity index (χ2n) is 11.7. The SMILES string of the molecule is CCCCCCCCCCCCCCCC(CC[N+](C)(C)CC(C)C)[SiH2]OC(OCCO)OCCO.[Cl-]. The summed E-state index contributed by atoms with van der Waals surface area (Å²) in [5.74, 6) is 0.691. The van der Waals surface area contributed by atoms with Crippen molar-refractivity contribution in [2.45, 2.75) is 129 Å². The molecule has 1 atom stereocenters. The van der Waals surface area contributed by atoms with Crippen molar-refractivity contribution < 1.29 is 41.0 Å². The molecule has 0 aromatic carbocycles. The van der Waals surface area contributed by atoms with Gasteiger partial charge in [0.05, 0.1) is 53.6 Å². The van der Waals surface area contributed by atoms with Crippen molar-refractivity contribution >= 4 is 9.76 Å². The molecule has 0 saturated heterocycles. The van der Waals surface area contributed by atoms with Gasteiger partial charge in [-0.1, -0.05) is 111 Å². The van der Waals surface area contributed by atoms with Gasteiger partial charge >= 0.3 is 0 Å². The average molecular weight is 570 g/mol. The Morgan fingerprint density at radius 3 is 1.59 bits per heavy atom. The van der Waals surface area contributed by atoms with Crippen LogP contribution in [0.4, 0.5) is 0 Å². The van der Waals surface area contributed by atoms with Crippen molar-refractivity contribution in [2.24, 2.45) is 5.92 Å². The monoisotopic (exact) mass is 569 g/mol. The molecule has 6 nitrogen and oxygen atoms in total. The van der Waals surface area contributed by atoms with E-state index in [9.17, 15) is 0 Å². The third-order valence-corrected chi connectivity index (χ3v) is 8.63. The van der Waals surface area contributed by atoms with Gasteiger partial charge in [0.1, 0.15) is 0 Å². The number of quaternary nitrogens is 1. The first kappa shape index (κ1) is 39.4. The average Bonchev–Trinajstić information content (AvgIpc) is 2.83. The maximum atomic E-state index is 9.07. The summed E-state index contributed by atoms with van der Waals surface area (Å²) in [6.07, 6.45) is 20.4. The summed E-state index contributed by atoms with van der Waals surface area (Å²) in [7, 11) is 3.81. The molecule has 0 saturated carbocycles. The lowest BCUT2D eigenvalue weighted by atomic mass is 10.0. The van der Waals surface area contributed by atoms with Crippen LogP contribution in [0.5, 0.6) is 0 Å². The number of halogens is 1. The van der Waals surface area contributed by atoms with E-state index < -0.39 is 16.2 Å². The first-order chi connectivity index (χ1) is 17.3. The maximum Gasteiger partial charge on any atom is 0.261 e. The third kappa shape index (κ3) is 27.6. The molecular formula is C29H64ClNO5Si. The molecule has 0 spiro atoms. The lowest BCUT2D eigenvalue weighted by Crippen LogP contribution is -3.00. The molecule has 2 N–H and O–H groups in total. The Kier molecular flexibility index (Phi) is 29.6. The number of hydrogen-bond donors (Lipinski definition) is 2. The fraction of sp³-hybridized carbons (Fsp3) is 1.00. The Morgan fingerprint density at radius 2 is 1.16 bits per heavy atom. The van der Waals surface area contributed by atoms with Crippen molar-refractivity contribution in [1.29, 1.82) is 0 Å². The summed E-state index contributed by atoms with van der Waals surface area (Å²) < 4.78 is 18.1. The van der Waals surface area contributed by atoms with Gasteiger partial charge in [0.25, 0.3) is 6.48 Å². The molecule has 0 heterocycles. The summed E-state index contributed by atoms with van der Waals surface area (Å²) in [4.78, 5) is 0. The van der Waals surface area contributed by atoms with Gasteiger partial charge < -0.3 is 41.0 Å². The van der Waals surface area contributed by atoms with Gasteiger partial charge in [-0.2, -0.15) is 0 Å². The molecule has 8 heteroatoms. The highest BCUT2D eigenvalue weighted by atomic mass is 35.5. The Balaban J connectivity index is 0. The summed E-state index contributed by atoms with van der Waals surface area (Å²) >= 11 is 0. The van der Waals surface area contributed by atoms with Crippen LogP contribution in [0.15, 0.2) is 0 Å². The van der Waals surface area contributed by atoms with Crippen molar-refractivity contribution in [2.75, 3.05) is 53.6 Å². The lowest BCUT2D eigenvalue weighted by molar-refractivity contribution is -0.893. The first-order valence-electron chi connectivity index (χ1n) is 15.2. The van der Waals surface area contributed by atoms with Crippen LogP contribution in [0.2, 0.25) is 5.54 Å². The van der Waals surface area contributed by atoms with E-state index in [0.717, 1.165) is 11.0 Å². The van der Waals surface area contributed by atoms with E-state index in [1.54, 1.807) is 0 Å².